The Hall–Kier alpha value is -3.26. The molecule has 7 nitrogen and oxygen atoms in total. The van der Waals surface area contributed by atoms with Crippen LogP contribution in [0.1, 0.15) is 57.0 Å². The number of halogens is 2. The molecule has 0 aromatic heterocycles. The predicted molar refractivity (Wildman–Crippen MR) is 137 cm³/mol. The molecular weight excluding hydrogens is 485 g/mol. The minimum Gasteiger partial charge on any atom is -0.345 e. The van der Waals surface area contributed by atoms with Crippen LogP contribution >= 0.6 is 11.6 Å². The molecule has 2 rings (SSSR count). The van der Waals surface area contributed by atoms with E-state index in [4.69, 9.17) is 11.6 Å². The van der Waals surface area contributed by atoms with Crippen molar-refractivity contribution in [2.24, 2.45) is 5.92 Å². The SMILES string of the molecule is CC(C)CC(NC(=O)c1ccc(Cl)cc1F)C(=O)NC(Cc1ccccc1)C(=O)C(=O)NC(C)(C)C. The molecule has 0 aliphatic rings. The third kappa shape index (κ3) is 9.07. The van der Waals surface area contributed by atoms with Crippen LogP contribution in [0.25, 0.3) is 0 Å². The lowest BCUT2D eigenvalue weighted by Crippen LogP contribution is -2.56. The zero-order valence-corrected chi connectivity index (χ0v) is 21.9. The van der Waals surface area contributed by atoms with Crippen molar-refractivity contribution in [3.63, 3.8) is 0 Å². The molecule has 0 saturated carbocycles. The van der Waals surface area contributed by atoms with Gasteiger partial charge >= 0.3 is 0 Å². The van der Waals surface area contributed by atoms with Crippen molar-refractivity contribution >= 4 is 35.1 Å². The van der Waals surface area contributed by atoms with Crippen molar-refractivity contribution in [2.75, 3.05) is 0 Å². The highest BCUT2D eigenvalue weighted by molar-refractivity contribution is 6.38. The smallest absolute Gasteiger partial charge is 0.290 e. The maximum Gasteiger partial charge on any atom is 0.290 e. The van der Waals surface area contributed by atoms with Gasteiger partial charge < -0.3 is 16.0 Å². The van der Waals surface area contributed by atoms with Gasteiger partial charge in [-0.2, -0.15) is 0 Å². The molecule has 0 fully saturated rings. The van der Waals surface area contributed by atoms with Crippen LogP contribution in [0.2, 0.25) is 5.02 Å². The number of Topliss-reactive ketones (excluding diaryl/α,β-unsaturated/α-hetero) is 1. The summed E-state index contributed by atoms with van der Waals surface area (Å²) in [7, 11) is 0. The fraction of sp³-hybridized carbons (Fsp3) is 0.407. The number of benzene rings is 2. The van der Waals surface area contributed by atoms with Crippen molar-refractivity contribution < 1.29 is 23.6 Å². The van der Waals surface area contributed by atoms with Crippen LogP contribution in [0.4, 0.5) is 4.39 Å². The van der Waals surface area contributed by atoms with Gasteiger partial charge in [-0.05, 0) is 56.9 Å². The first kappa shape index (κ1) is 29.0. The maximum atomic E-state index is 14.3. The molecule has 3 amide bonds. The minimum absolute atomic E-state index is 0.0106. The Morgan fingerprint density at radius 1 is 0.944 bits per heavy atom. The van der Waals surface area contributed by atoms with Crippen LogP contribution in [0, 0.1) is 11.7 Å². The van der Waals surface area contributed by atoms with Gasteiger partial charge in [0.15, 0.2) is 0 Å². The van der Waals surface area contributed by atoms with Crippen molar-refractivity contribution in [1.29, 1.82) is 0 Å². The predicted octanol–water partition coefficient (Wildman–Crippen LogP) is 3.83. The third-order valence-electron chi connectivity index (χ3n) is 5.13. The molecule has 194 valence electrons. The second-order valence-electron chi connectivity index (χ2n) is 10.1. The molecule has 2 unspecified atom stereocenters. The van der Waals surface area contributed by atoms with E-state index in [9.17, 15) is 23.6 Å². The maximum absolute atomic E-state index is 14.3. The number of amides is 3. The molecule has 3 N–H and O–H groups in total. The number of carbonyl (C=O) groups excluding carboxylic acids is 4. The summed E-state index contributed by atoms with van der Waals surface area (Å²) in [4.78, 5) is 51.7. The van der Waals surface area contributed by atoms with Gasteiger partial charge in [-0.25, -0.2) is 4.39 Å². The highest BCUT2D eigenvalue weighted by atomic mass is 35.5. The average Bonchev–Trinajstić information content (AvgIpc) is 2.76. The lowest BCUT2D eigenvalue weighted by atomic mass is 9.98. The minimum atomic E-state index is -1.17. The monoisotopic (exact) mass is 517 g/mol. The van der Waals surface area contributed by atoms with Crippen LogP contribution in [-0.4, -0.2) is 41.1 Å². The largest absolute Gasteiger partial charge is 0.345 e. The van der Waals surface area contributed by atoms with Gasteiger partial charge in [0.2, 0.25) is 11.7 Å². The number of carbonyl (C=O) groups is 4. The van der Waals surface area contributed by atoms with E-state index < -0.39 is 46.9 Å². The Balaban J connectivity index is 2.27. The average molecular weight is 518 g/mol. The van der Waals surface area contributed by atoms with Crippen molar-refractivity contribution in [3.8, 4) is 0 Å². The Labute approximate surface area is 216 Å². The summed E-state index contributed by atoms with van der Waals surface area (Å²) in [6.07, 6.45) is 0.310. The van der Waals surface area contributed by atoms with Crippen LogP contribution < -0.4 is 16.0 Å². The molecule has 0 radical (unpaired) electrons. The molecule has 36 heavy (non-hydrogen) atoms. The van der Waals surface area contributed by atoms with E-state index in [-0.39, 0.29) is 29.3 Å². The summed E-state index contributed by atoms with van der Waals surface area (Å²) in [5, 5.41) is 7.95. The van der Waals surface area contributed by atoms with Crippen LogP contribution in [-0.2, 0) is 20.8 Å². The molecule has 0 aliphatic carbocycles. The number of rotatable bonds is 10. The summed E-state index contributed by atoms with van der Waals surface area (Å²) < 4.78 is 14.3. The number of hydrogen-bond acceptors (Lipinski definition) is 4. The molecule has 9 heteroatoms. The number of nitrogens with one attached hydrogen (secondary N) is 3. The van der Waals surface area contributed by atoms with E-state index in [1.54, 1.807) is 45.0 Å². The molecule has 2 aromatic carbocycles. The van der Waals surface area contributed by atoms with E-state index in [0.717, 1.165) is 11.6 Å². The van der Waals surface area contributed by atoms with Gasteiger partial charge in [-0.3, -0.25) is 19.2 Å². The number of ketones is 1. The van der Waals surface area contributed by atoms with Crippen LogP contribution in [0.5, 0.6) is 0 Å². The van der Waals surface area contributed by atoms with Gasteiger partial charge in [0.1, 0.15) is 17.9 Å². The van der Waals surface area contributed by atoms with E-state index in [1.807, 2.05) is 19.9 Å². The van der Waals surface area contributed by atoms with Gasteiger partial charge in [-0.1, -0.05) is 55.8 Å². The van der Waals surface area contributed by atoms with Crippen molar-refractivity contribution in [3.05, 3.63) is 70.5 Å². The summed E-state index contributed by atoms with van der Waals surface area (Å²) >= 11 is 5.77. The summed E-state index contributed by atoms with van der Waals surface area (Å²) in [6, 6.07) is 10.3. The lowest BCUT2D eigenvalue weighted by molar-refractivity contribution is -0.141. The zero-order valence-electron chi connectivity index (χ0n) is 21.2. The first-order valence-corrected chi connectivity index (χ1v) is 12.1. The van der Waals surface area contributed by atoms with E-state index >= 15 is 0 Å². The Bertz CT molecular complexity index is 1100. The number of hydrogen-bond donors (Lipinski definition) is 3. The highest BCUT2D eigenvalue weighted by Gasteiger charge is 2.32. The lowest BCUT2D eigenvalue weighted by Gasteiger charge is -2.25. The van der Waals surface area contributed by atoms with Gasteiger partial charge in [0, 0.05) is 17.0 Å². The third-order valence-corrected chi connectivity index (χ3v) is 5.37. The second-order valence-corrected chi connectivity index (χ2v) is 10.5. The fourth-order valence-corrected chi connectivity index (χ4v) is 3.66. The Morgan fingerprint density at radius 3 is 2.14 bits per heavy atom. The molecular formula is C27H33ClFN3O4. The van der Waals surface area contributed by atoms with Gasteiger partial charge in [-0.15, -0.1) is 0 Å². The Morgan fingerprint density at radius 2 is 1.58 bits per heavy atom. The highest BCUT2D eigenvalue weighted by Crippen LogP contribution is 2.16. The molecule has 0 aliphatic heterocycles. The van der Waals surface area contributed by atoms with Gasteiger partial charge in [0.25, 0.3) is 11.8 Å². The molecule has 0 saturated heterocycles. The van der Waals surface area contributed by atoms with Crippen molar-refractivity contribution in [1.82, 2.24) is 16.0 Å². The van der Waals surface area contributed by atoms with E-state index in [0.29, 0.717) is 0 Å². The normalized spacial score (nSPS) is 13.0. The molecule has 0 spiro atoms. The molecule has 2 aromatic rings. The molecule has 0 heterocycles. The molecule has 2 atom stereocenters. The summed E-state index contributed by atoms with van der Waals surface area (Å²) in [6.45, 7) is 8.95. The van der Waals surface area contributed by atoms with Gasteiger partial charge in [0.05, 0.1) is 5.56 Å². The fourth-order valence-electron chi connectivity index (χ4n) is 3.50. The summed E-state index contributed by atoms with van der Waals surface area (Å²) in [5.41, 5.74) is -0.167. The van der Waals surface area contributed by atoms with Crippen LogP contribution in [0.15, 0.2) is 48.5 Å². The summed E-state index contributed by atoms with van der Waals surface area (Å²) in [5.74, 6) is -3.90. The van der Waals surface area contributed by atoms with E-state index in [1.165, 1.54) is 12.1 Å². The second kappa shape index (κ2) is 12.6. The van der Waals surface area contributed by atoms with Crippen molar-refractivity contribution in [2.45, 2.75) is 65.1 Å². The molecule has 0 bridgehead atoms. The van der Waals surface area contributed by atoms with E-state index in [2.05, 4.69) is 16.0 Å². The first-order valence-electron chi connectivity index (χ1n) is 11.7. The topological polar surface area (TPSA) is 104 Å². The Kier molecular flexibility index (Phi) is 10.2. The first-order chi connectivity index (χ1) is 16.8. The standard InChI is InChI=1S/C27H33ClFN3O4/c1-16(2)13-22(31-24(34)19-12-11-18(28)15-20(19)29)25(35)30-21(14-17-9-7-6-8-10-17)23(33)26(36)32-27(3,4)5/h6-12,15-16,21-22H,13-14H2,1-5H3,(H,30,35)(H,31,34)(H,32,36). The van der Waals surface area contributed by atoms with Crippen LogP contribution in [0.3, 0.4) is 0 Å². The zero-order chi connectivity index (χ0) is 27.0. The quantitative estimate of drug-likeness (QED) is 0.416.